The molecule has 0 bridgehead atoms. The molecule has 1 fully saturated rings. The van der Waals surface area contributed by atoms with Crippen molar-refractivity contribution in [1.82, 2.24) is 4.90 Å². The Morgan fingerprint density at radius 2 is 2.00 bits per heavy atom. The van der Waals surface area contributed by atoms with Gasteiger partial charge in [-0.25, -0.2) is 8.78 Å². The molecular formula is C19H21F2NO2. The molecule has 1 heterocycles. The zero-order valence-electron chi connectivity index (χ0n) is 13.6. The van der Waals surface area contributed by atoms with Crippen LogP contribution >= 0.6 is 0 Å². The molecule has 0 N–H and O–H groups in total. The summed E-state index contributed by atoms with van der Waals surface area (Å²) in [6, 6.07) is 9.95. The van der Waals surface area contributed by atoms with Crippen molar-refractivity contribution in [2.45, 2.75) is 13.0 Å². The molecule has 0 spiro atoms. The number of likely N-dealkylation sites (tertiary alicyclic amines) is 1. The topological polar surface area (TPSA) is 29.5 Å². The number of carbonyl (C=O) groups excluding carboxylic acids is 1. The summed E-state index contributed by atoms with van der Waals surface area (Å²) < 4.78 is 32.4. The van der Waals surface area contributed by atoms with E-state index in [0.29, 0.717) is 19.6 Å². The van der Waals surface area contributed by atoms with Gasteiger partial charge in [0.05, 0.1) is 13.0 Å². The van der Waals surface area contributed by atoms with Crippen molar-refractivity contribution in [3.63, 3.8) is 0 Å². The number of ether oxygens (including phenoxy) is 1. The molecule has 0 radical (unpaired) electrons. The van der Waals surface area contributed by atoms with Gasteiger partial charge < -0.3 is 4.74 Å². The van der Waals surface area contributed by atoms with Crippen molar-refractivity contribution in [2.24, 2.45) is 17.8 Å². The summed E-state index contributed by atoms with van der Waals surface area (Å²) >= 11 is 0. The molecular weight excluding hydrogens is 312 g/mol. The SMILES string of the molecule is COC(=O)[C@@H]1CN(Cc2ccccc2)C[C@H]1C1CC=C(F)C=C1F. The number of esters is 1. The average Bonchev–Trinajstić information content (AvgIpc) is 2.98. The van der Waals surface area contributed by atoms with Gasteiger partial charge in [-0.1, -0.05) is 30.3 Å². The van der Waals surface area contributed by atoms with Crippen LogP contribution in [0.4, 0.5) is 8.78 Å². The zero-order valence-corrected chi connectivity index (χ0v) is 13.6. The van der Waals surface area contributed by atoms with Crippen LogP contribution in [0.2, 0.25) is 0 Å². The zero-order chi connectivity index (χ0) is 17.1. The number of nitrogens with zero attached hydrogens (tertiary/aromatic N) is 1. The Morgan fingerprint density at radius 3 is 2.67 bits per heavy atom. The second kappa shape index (κ2) is 7.26. The Hall–Kier alpha value is -2.01. The molecule has 128 valence electrons. The molecule has 1 aromatic rings. The summed E-state index contributed by atoms with van der Waals surface area (Å²) in [5, 5.41) is 0. The molecule has 0 aromatic heterocycles. The highest BCUT2D eigenvalue weighted by Gasteiger charge is 2.44. The van der Waals surface area contributed by atoms with Crippen molar-refractivity contribution >= 4 is 5.97 Å². The van der Waals surface area contributed by atoms with E-state index < -0.39 is 23.5 Å². The van der Waals surface area contributed by atoms with Gasteiger partial charge in [0.1, 0.15) is 11.7 Å². The van der Waals surface area contributed by atoms with Gasteiger partial charge in [-0.2, -0.15) is 0 Å². The van der Waals surface area contributed by atoms with E-state index in [4.69, 9.17) is 4.74 Å². The van der Waals surface area contributed by atoms with Gasteiger partial charge in [0.15, 0.2) is 0 Å². The fraction of sp³-hybridized carbons (Fsp3) is 0.421. The van der Waals surface area contributed by atoms with Crippen LogP contribution in [0, 0.1) is 17.8 Å². The third kappa shape index (κ3) is 3.56. The van der Waals surface area contributed by atoms with Crippen molar-refractivity contribution in [1.29, 1.82) is 0 Å². The Bertz CT molecular complexity index is 657. The van der Waals surface area contributed by atoms with Crippen molar-refractivity contribution in [3.05, 3.63) is 59.7 Å². The van der Waals surface area contributed by atoms with Crippen LogP contribution in [0.1, 0.15) is 12.0 Å². The number of hydrogen-bond donors (Lipinski definition) is 0. The third-order valence-corrected chi connectivity index (χ3v) is 4.91. The maximum atomic E-state index is 14.3. The molecule has 3 rings (SSSR count). The first-order valence-electron chi connectivity index (χ1n) is 8.15. The molecule has 3 atom stereocenters. The minimum atomic E-state index is -0.544. The van der Waals surface area contributed by atoms with E-state index in [-0.39, 0.29) is 18.3 Å². The quantitative estimate of drug-likeness (QED) is 0.788. The van der Waals surface area contributed by atoms with Gasteiger partial charge in [-0.15, -0.1) is 0 Å². The number of methoxy groups -OCH3 is 1. The van der Waals surface area contributed by atoms with E-state index in [1.165, 1.54) is 13.2 Å². The van der Waals surface area contributed by atoms with Crippen LogP contribution in [0.5, 0.6) is 0 Å². The first-order valence-corrected chi connectivity index (χ1v) is 8.15. The highest BCUT2D eigenvalue weighted by Crippen LogP contribution is 2.40. The summed E-state index contributed by atoms with van der Waals surface area (Å²) in [4.78, 5) is 14.3. The van der Waals surface area contributed by atoms with Gasteiger partial charge in [0, 0.05) is 31.6 Å². The first kappa shape index (κ1) is 16.8. The minimum Gasteiger partial charge on any atom is -0.469 e. The van der Waals surface area contributed by atoms with Crippen LogP contribution in [0.3, 0.4) is 0 Å². The lowest BCUT2D eigenvalue weighted by Gasteiger charge is -2.26. The van der Waals surface area contributed by atoms with Crippen LogP contribution in [0.15, 0.2) is 54.1 Å². The number of halogens is 2. The Labute approximate surface area is 140 Å². The van der Waals surface area contributed by atoms with Crippen molar-refractivity contribution < 1.29 is 18.3 Å². The molecule has 0 amide bonds. The molecule has 1 aromatic carbocycles. The average molecular weight is 333 g/mol. The van der Waals surface area contributed by atoms with Crippen LogP contribution in [-0.2, 0) is 16.1 Å². The standard InChI is InChI=1S/C19H21F2NO2/c1-24-19(23)17-12-22(10-13-5-3-2-4-6-13)11-16(17)15-8-7-14(20)9-18(15)21/h2-7,9,15-17H,8,10-12H2,1H3/t15?,16-,17+/m0/s1. The van der Waals surface area contributed by atoms with E-state index in [9.17, 15) is 13.6 Å². The highest BCUT2D eigenvalue weighted by molar-refractivity contribution is 5.73. The third-order valence-electron chi connectivity index (χ3n) is 4.91. The Morgan fingerprint density at radius 1 is 1.25 bits per heavy atom. The first-order chi connectivity index (χ1) is 11.6. The smallest absolute Gasteiger partial charge is 0.310 e. The Balaban J connectivity index is 1.76. The minimum absolute atomic E-state index is 0.207. The van der Waals surface area contributed by atoms with Crippen molar-refractivity contribution in [2.75, 3.05) is 20.2 Å². The fourth-order valence-corrected chi connectivity index (χ4v) is 3.72. The van der Waals surface area contributed by atoms with Crippen LogP contribution in [-0.4, -0.2) is 31.1 Å². The summed E-state index contributed by atoms with van der Waals surface area (Å²) in [7, 11) is 1.35. The number of rotatable bonds is 4. The summed E-state index contributed by atoms with van der Waals surface area (Å²) in [5.74, 6) is -2.40. The molecule has 24 heavy (non-hydrogen) atoms. The molecule has 1 aliphatic heterocycles. The van der Waals surface area contributed by atoms with Crippen LogP contribution in [0.25, 0.3) is 0 Å². The highest BCUT2D eigenvalue weighted by atomic mass is 19.1. The molecule has 3 nitrogen and oxygen atoms in total. The predicted octanol–water partition coefficient (Wildman–Crippen LogP) is 3.63. The van der Waals surface area contributed by atoms with Gasteiger partial charge in [0.25, 0.3) is 0 Å². The maximum Gasteiger partial charge on any atom is 0.310 e. The fourth-order valence-electron chi connectivity index (χ4n) is 3.72. The molecule has 1 saturated heterocycles. The summed E-state index contributed by atoms with van der Waals surface area (Å²) in [6.07, 6.45) is 2.61. The van der Waals surface area contributed by atoms with E-state index in [0.717, 1.165) is 11.6 Å². The molecule has 2 aliphatic rings. The van der Waals surface area contributed by atoms with Crippen molar-refractivity contribution in [3.8, 4) is 0 Å². The monoisotopic (exact) mass is 333 g/mol. The lowest BCUT2D eigenvalue weighted by molar-refractivity contribution is -0.146. The largest absolute Gasteiger partial charge is 0.469 e. The number of benzene rings is 1. The van der Waals surface area contributed by atoms with E-state index in [1.54, 1.807) is 0 Å². The second-order valence-corrected chi connectivity index (χ2v) is 6.43. The number of allylic oxidation sites excluding steroid dienone is 4. The molecule has 1 aliphatic carbocycles. The molecule has 0 saturated carbocycles. The van der Waals surface area contributed by atoms with E-state index in [2.05, 4.69) is 4.90 Å². The van der Waals surface area contributed by atoms with E-state index >= 15 is 0 Å². The summed E-state index contributed by atoms with van der Waals surface area (Å²) in [6.45, 7) is 1.82. The summed E-state index contributed by atoms with van der Waals surface area (Å²) in [5.41, 5.74) is 1.15. The van der Waals surface area contributed by atoms with Gasteiger partial charge in [-0.05, 0) is 24.0 Å². The molecule has 1 unspecified atom stereocenters. The number of hydrogen-bond acceptors (Lipinski definition) is 3. The van der Waals surface area contributed by atoms with Gasteiger partial charge in [-0.3, -0.25) is 9.69 Å². The normalized spacial score (nSPS) is 27.5. The second-order valence-electron chi connectivity index (χ2n) is 6.43. The van der Waals surface area contributed by atoms with Crippen LogP contribution < -0.4 is 0 Å². The Kier molecular flexibility index (Phi) is 5.09. The molecule has 5 heteroatoms. The van der Waals surface area contributed by atoms with Gasteiger partial charge >= 0.3 is 5.97 Å². The lowest BCUT2D eigenvalue weighted by Crippen LogP contribution is -2.30. The van der Waals surface area contributed by atoms with E-state index in [1.807, 2.05) is 30.3 Å². The number of carbonyl (C=O) groups is 1. The predicted molar refractivity (Wildman–Crippen MR) is 87.2 cm³/mol. The lowest BCUT2D eigenvalue weighted by atomic mass is 9.79. The van der Waals surface area contributed by atoms with Gasteiger partial charge in [0.2, 0.25) is 0 Å². The maximum absolute atomic E-state index is 14.3.